The topological polar surface area (TPSA) is 107 Å². The van der Waals surface area contributed by atoms with E-state index in [0.717, 1.165) is 24.2 Å². The molecule has 0 aromatic carbocycles. The van der Waals surface area contributed by atoms with Gasteiger partial charge in [-0.3, -0.25) is 9.20 Å². The molecule has 3 N–H and O–H groups in total. The zero-order valence-corrected chi connectivity index (χ0v) is 17.2. The molecular weight excluding hydrogens is 400 g/mol. The molecule has 1 aliphatic rings. The minimum absolute atomic E-state index is 0.358. The molecule has 0 spiro atoms. The number of hydrogen-bond donors (Lipinski definition) is 2. The van der Waals surface area contributed by atoms with Gasteiger partial charge in [-0.25, -0.2) is 9.97 Å². The highest BCUT2D eigenvalue weighted by atomic mass is 32.1. The molecule has 1 aliphatic heterocycles. The van der Waals surface area contributed by atoms with Crippen LogP contribution in [0.5, 0.6) is 5.88 Å². The molecular formula is C21H20N6O2S. The summed E-state index contributed by atoms with van der Waals surface area (Å²) < 4.78 is 7.67. The quantitative estimate of drug-likeness (QED) is 0.513. The average Bonchev–Trinajstić information content (AvgIpc) is 3.38. The average molecular weight is 420 g/mol. The molecule has 1 amide bonds. The molecule has 8 nitrogen and oxygen atoms in total. The highest BCUT2D eigenvalue weighted by Crippen LogP contribution is 2.33. The number of imidazole rings is 1. The smallest absolute Gasteiger partial charge is 0.252 e. The Hall–Kier alpha value is -3.46. The van der Waals surface area contributed by atoms with Crippen LogP contribution in [0, 0.1) is 6.92 Å². The SMILES string of the molecule is Cc1nc2c(C(N)=O)cccn2c1-c1nc(NCc2cccs2)c2c(n1)OCCC2. The fourth-order valence-corrected chi connectivity index (χ4v) is 4.35. The van der Waals surface area contributed by atoms with E-state index in [2.05, 4.69) is 21.7 Å². The number of rotatable bonds is 5. The molecule has 0 bridgehead atoms. The van der Waals surface area contributed by atoms with Crippen LogP contribution in [0.25, 0.3) is 17.2 Å². The summed E-state index contributed by atoms with van der Waals surface area (Å²) in [5.74, 6) is 1.34. The number of ether oxygens (including phenoxy) is 1. The summed E-state index contributed by atoms with van der Waals surface area (Å²) in [6.45, 7) is 3.18. The lowest BCUT2D eigenvalue weighted by Gasteiger charge is -2.20. The van der Waals surface area contributed by atoms with Gasteiger partial charge in [-0.05, 0) is 43.3 Å². The van der Waals surface area contributed by atoms with Crippen molar-refractivity contribution in [2.24, 2.45) is 5.73 Å². The molecule has 9 heteroatoms. The molecule has 0 atom stereocenters. The van der Waals surface area contributed by atoms with Gasteiger partial charge in [-0.15, -0.1) is 11.3 Å². The number of primary amides is 1. The number of carbonyl (C=O) groups is 1. The Bertz CT molecular complexity index is 1250. The summed E-state index contributed by atoms with van der Waals surface area (Å²) in [4.78, 5) is 27.1. The van der Waals surface area contributed by atoms with E-state index in [1.807, 2.05) is 23.6 Å². The molecule has 5 heterocycles. The number of aromatic nitrogens is 4. The summed E-state index contributed by atoms with van der Waals surface area (Å²) in [5, 5.41) is 5.50. The number of aryl methyl sites for hydroxylation is 1. The van der Waals surface area contributed by atoms with E-state index in [-0.39, 0.29) is 0 Å². The Balaban J connectivity index is 1.64. The second-order valence-electron chi connectivity index (χ2n) is 7.09. The lowest BCUT2D eigenvalue weighted by atomic mass is 10.1. The highest BCUT2D eigenvalue weighted by Gasteiger charge is 2.23. The number of thiophene rings is 1. The molecule has 0 fully saturated rings. The van der Waals surface area contributed by atoms with Crippen LogP contribution in [0.2, 0.25) is 0 Å². The third kappa shape index (κ3) is 3.17. The van der Waals surface area contributed by atoms with Crippen molar-refractivity contribution >= 4 is 28.7 Å². The minimum Gasteiger partial charge on any atom is -0.477 e. The molecule has 152 valence electrons. The van der Waals surface area contributed by atoms with Crippen molar-refractivity contribution in [3.8, 4) is 17.4 Å². The maximum Gasteiger partial charge on any atom is 0.252 e. The number of anilines is 1. The fourth-order valence-electron chi connectivity index (χ4n) is 3.70. The van der Waals surface area contributed by atoms with Crippen LogP contribution in [0.3, 0.4) is 0 Å². The van der Waals surface area contributed by atoms with Crippen LogP contribution in [0.15, 0.2) is 35.8 Å². The lowest BCUT2D eigenvalue weighted by Crippen LogP contribution is -2.15. The van der Waals surface area contributed by atoms with E-state index in [9.17, 15) is 4.79 Å². The first-order valence-electron chi connectivity index (χ1n) is 9.69. The van der Waals surface area contributed by atoms with Gasteiger partial charge in [0.2, 0.25) is 5.88 Å². The van der Waals surface area contributed by atoms with Crippen molar-refractivity contribution in [3.05, 3.63) is 57.5 Å². The summed E-state index contributed by atoms with van der Waals surface area (Å²) in [6.07, 6.45) is 3.62. The van der Waals surface area contributed by atoms with Crippen LogP contribution in [0.4, 0.5) is 5.82 Å². The van der Waals surface area contributed by atoms with Crippen LogP contribution in [-0.2, 0) is 13.0 Å². The Kier molecular flexibility index (Phi) is 4.59. The number of nitrogens with two attached hydrogens (primary N) is 1. The minimum atomic E-state index is -0.523. The third-order valence-corrected chi connectivity index (χ3v) is 5.97. The predicted molar refractivity (Wildman–Crippen MR) is 115 cm³/mol. The van der Waals surface area contributed by atoms with Gasteiger partial charge in [0, 0.05) is 11.1 Å². The first kappa shape index (κ1) is 18.6. The van der Waals surface area contributed by atoms with Crippen molar-refractivity contribution in [1.82, 2.24) is 19.4 Å². The van der Waals surface area contributed by atoms with Crippen molar-refractivity contribution in [2.45, 2.75) is 26.3 Å². The normalized spacial score (nSPS) is 13.1. The third-order valence-electron chi connectivity index (χ3n) is 5.09. The maximum atomic E-state index is 11.8. The molecule has 0 radical (unpaired) electrons. The number of pyridine rings is 1. The first-order chi connectivity index (χ1) is 14.6. The van der Waals surface area contributed by atoms with Crippen molar-refractivity contribution in [1.29, 1.82) is 0 Å². The van der Waals surface area contributed by atoms with Gasteiger partial charge in [0.05, 0.1) is 30.0 Å². The zero-order valence-electron chi connectivity index (χ0n) is 16.4. The number of amides is 1. The lowest BCUT2D eigenvalue weighted by molar-refractivity contribution is 0.100. The molecule has 0 saturated carbocycles. The van der Waals surface area contributed by atoms with Crippen molar-refractivity contribution in [2.75, 3.05) is 11.9 Å². The van der Waals surface area contributed by atoms with E-state index in [0.29, 0.717) is 47.5 Å². The predicted octanol–water partition coefficient (Wildman–Crippen LogP) is 3.20. The van der Waals surface area contributed by atoms with Crippen LogP contribution >= 0.6 is 11.3 Å². The molecule has 0 saturated heterocycles. The monoisotopic (exact) mass is 420 g/mol. The summed E-state index contributed by atoms with van der Waals surface area (Å²) in [5.41, 5.74) is 8.79. The van der Waals surface area contributed by atoms with E-state index in [1.165, 1.54) is 4.88 Å². The highest BCUT2D eigenvalue weighted by molar-refractivity contribution is 7.09. The van der Waals surface area contributed by atoms with E-state index >= 15 is 0 Å². The van der Waals surface area contributed by atoms with Crippen molar-refractivity contribution < 1.29 is 9.53 Å². The van der Waals surface area contributed by atoms with Gasteiger partial charge in [-0.2, -0.15) is 4.98 Å². The molecule has 4 aromatic rings. The zero-order chi connectivity index (χ0) is 20.7. The standard InChI is InChI=1S/C21H20N6O2S/c1-12-16(27-8-2-6-14(17(22)28)20(27)24-12)19-25-18(23-11-13-5-4-10-30-13)15-7-3-9-29-21(15)26-19/h2,4-6,8,10H,3,7,9,11H2,1H3,(H2,22,28)(H,23,25,26). The second kappa shape index (κ2) is 7.42. The van der Waals surface area contributed by atoms with Gasteiger partial charge < -0.3 is 15.8 Å². The molecule has 30 heavy (non-hydrogen) atoms. The molecule has 4 aromatic heterocycles. The van der Waals surface area contributed by atoms with E-state index in [4.69, 9.17) is 20.4 Å². The number of hydrogen-bond acceptors (Lipinski definition) is 7. The second-order valence-corrected chi connectivity index (χ2v) is 8.12. The van der Waals surface area contributed by atoms with Gasteiger partial charge in [-0.1, -0.05) is 6.07 Å². The number of nitrogens with one attached hydrogen (secondary N) is 1. The summed E-state index contributed by atoms with van der Waals surface area (Å²) >= 11 is 1.70. The maximum absolute atomic E-state index is 11.8. The summed E-state index contributed by atoms with van der Waals surface area (Å²) in [7, 11) is 0. The van der Waals surface area contributed by atoms with E-state index in [1.54, 1.807) is 23.5 Å². The molecule has 0 aliphatic carbocycles. The van der Waals surface area contributed by atoms with Crippen molar-refractivity contribution in [3.63, 3.8) is 0 Å². The number of carbonyl (C=O) groups excluding carboxylic acids is 1. The number of nitrogens with zero attached hydrogens (tertiary/aromatic N) is 4. The van der Waals surface area contributed by atoms with Gasteiger partial charge in [0.1, 0.15) is 17.2 Å². The van der Waals surface area contributed by atoms with Gasteiger partial charge in [0.25, 0.3) is 5.91 Å². The van der Waals surface area contributed by atoms with Gasteiger partial charge >= 0.3 is 0 Å². The Morgan fingerprint density at radius 3 is 3.00 bits per heavy atom. The van der Waals surface area contributed by atoms with Crippen LogP contribution < -0.4 is 15.8 Å². The summed E-state index contributed by atoms with van der Waals surface area (Å²) in [6, 6.07) is 7.55. The Labute approximate surface area is 176 Å². The Morgan fingerprint density at radius 2 is 2.20 bits per heavy atom. The van der Waals surface area contributed by atoms with Crippen LogP contribution in [-0.4, -0.2) is 31.9 Å². The molecule has 5 rings (SSSR count). The number of fused-ring (bicyclic) bond motifs is 2. The largest absolute Gasteiger partial charge is 0.477 e. The Morgan fingerprint density at radius 1 is 1.30 bits per heavy atom. The molecule has 0 unspecified atom stereocenters. The van der Waals surface area contributed by atoms with Gasteiger partial charge in [0.15, 0.2) is 5.82 Å². The van der Waals surface area contributed by atoms with Crippen LogP contribution in [0.1, 0.15) is 32.9 Å². The first-order valence-corrected chi connectivity index (χ1v) is 10.6. The van der Waals surface area contributed by atoms with E-state index < -0.39 is 5.91 Å². The fraction of sp³-hybridized carbons (Fsp3) is 0.238.